The molecule has 3 rings (SSSR count). The Morgan fingerprint density at radius 2 is 2.18 bits per heavy atom. The highest BCUT2D eigenvalue weighted by molar-refractivity contribution is 7.16. The fourth-order valence-corrected chi connectivity index (χ4v) is 2.75. The molecule has 0 aliphatic carbocycles. The lowest BCUT2D eigenvalue weighted by Crippen LogP contribution is -2.11. The molecule has 0 radical (unpaired) electrons. The molecule has 0 aliphatic rings. The minimum absolute atomic E-state index is 0.00826. The van der Waals surface area contributed by atoms with Crippen LogP contribution in [0.5, 0.6) is 5.75 Å². The van der Waals surface area contributed by atoms with Gasteiger partial charge in [0.1, 0.15) is 28.5 Å². The Morgan fingerprint density at radius 1 is 1.32 bits per heavy atom. The molecule has 6 heteroatoms. The molecule has 0 saturated carbocycles. The minimum atomic E-state index is -0.327. The van der Waals surface area contributed by atoms with Gasteiger partial charge in [0.25, 0.3) is 0 Å². The normalized spacial score (nSPS) is 12.3. The van der Waals surface area contributed by atoms with E-state index in [0.717, 1.165) is 16.6 Å². The Balaban J connectivity index is 1.96. The Morgan fingerprint density at radius 3 is 3.00 bits per heavy atom. The van der Waals surface area contributed by atoms with Gasteiger partial charge in [0.2, 0.25) is 0 Å². The monoisotopic (exact) mass is 317 g/mol. The van der Waals surface area contributed by atoms with Gasteiger partial charge >= 0.3 is 0 Å². The summed E-state index contributed by atoms with van der Waals surface area (Å²) >= 11 is 1.55. The molecule has 114 valence electrons. The number of nitrogens with one attached hydrogen (secondary N) is 1. The number of hydrogen-bond acceptors (Lipinski definition) is 5. The molecule has 3 aromatic rings. The van der Waals surface area contributed by atoms with Gasteiger partial charge in [0, 0.05) is 6.07 Å². The summed E-state index contributed by atoms with van der Waals surface area (Å²) in [5.74, 6) is 0.843. The third kappa shape index (κ3) is 3.01. The van der Waals surface area contributed by atoms with Crippen LogP contribution in [0, 0.1) is 5.82 Å². The third-order valence-corrected chi connectivity index (χ3v) is 4.18. The minimum Gasteiger partial charge on any atom is -0.488 e. The number of thiophene rings is 1. The molecule has 0 spiro atoms. The zero-order chi connectivity index (χ0) is 15.5. The molecule has 22 heavy (non-hydrogen) atoms. The van der Waals surface area contributed by atoms with E-state index in [-0.39, 0.29) is 11.9 Å². The molecule has 0 unspecified atom stereocenters. The van der Waals surface area contributed by atoms with Crippen molar-refractivity contribution in [2.75, 3.05) is 5.32 Å². The Labute approximate surface area is 132 Å². The molecule has 1 atom stereocenters. The van der Waals surface area contributed by atoms with Crippen molar-refractivity contribution < 1.29 is 9.13 Å². The van der Waals surface area contributed by atoms with Crippen molar-refractivity contribution in [3.63, 3.8) is 0 Å². The van der Waals surface area contributed by atoms with E-state index in [2.05, 4.69) is 15.3 Å². The molecule has 0 fully saturated rings. The van der Waals surface area contributed by atoms with E-state index in [9.17, 15) is 4.39 Å². The quantitative estimate of drug-likeness (QED) is 0.737. The standard InChI is InChI=1S/C16H16FN3OS/c1-3-10(2)21-14-8-11(17)4-5-13(14)20-15-12-6-7-22-16(12)19-9-18-15/h4-10H,3H2,1-2H3,(H,18,19,20)/t10-/m1/s1. The Kier molecular flexibility index (Phi) is 4.20. The second kappa shape index (κ2) is 6.27. The fourth-order valence-electron chi connectivity index (χ4n) is 2.01. The van der Waals surface area contributed by atoms with Crippen LogP contribution in [0.15, 0.2) is 36.0 Å². The van der Waals surface area contributed by atoms with Gasteiger partial charge in [-0.05, 0) is 36.9 Å². The first kappa shape index (κ1) is 14.7. The first-order valence-corrected chi connectivity index (χ1v) is 7.96. The highest BCUT2D eigenvalue weighted by Crippen LogP contribution is 2.32. The van der Waals surface area contributed by atoms with Crippen LogP contribution < -0.4 is 10.1 Å². The SMILES string of the molecule is CC[C@@H](C)Oc1cc(F)ccc1Nc1ncnc2sccc12. The van der Waals surface area contributed by atoms with Crippen molar-refractivity contribution in [2.24, 2.45) is 0 Å². The lowest BCUT2D eigenvalue weighted by atomic mass is 10.2. The van der Waals surface area contributed by atoms with Crippen molar-refractivity contribution >= 4 is 33.1 Å². The number of halogens is 1. The van der Waals surface area contributed by atoms with Crippen molar-refractivity contribution in [1.82, 2.24) is 9.97 Å². The highest BCUT2D eigenvalue weighted by Gasteiger charge is 2.12. The molecular weight excluding hydrogens is 301 g/mol. The second-order valence-electron chi connectivity index (χ2n) is 4.96. The second-order valence-corrected chi connectivity index (χ2v) is 5.86. The van der Waals surface area contributed by atoms with E-state index in [0.29, 0.717) is 17.3 Å². The van der Waals surface area contributed by atoms with Crippen LogP contribution in [-0.4, -0.2) is 16.1 Å². The predicted octanol–water partition coefficient (Wildman–Crippen LogP) is 4.75. The molecule has 0 aliphatic heterocycles. The van der Waals surface area contributed by atoms with Crippen LogP contribution in [0.3, 0.4) is 0 Å². The van der Waals surface area contributed by atoms with Gasteiger partial charge in [-0.2, -0.15) is 0 Å². The molecule has 0 saturated heterocycles. The molecule has 0 bridgehead atoms. The van der Waals surface area contributed by atoms with Crippen LogP contribution in [0.1, 0.15) is 20.3 Å². The summed E-state index contributed by atoms with van der Waals surface area (Å²) in [7, 11) is 0. The smallest absolute Gasteiger partial charge is 0.146 e. The number of benzene rings is 1. The molecular formula is C16H16FN3OS. The summed E-state index contributed by atoms with van der Waals surface area (Å²) in [6.45, 7) is 3.98. The first-order chi connectivity index (χ1) is 10.7. The molecule has 4 nitrogen and oxygen atoms in total. The maximum absolute atomic E-state index is 13.5. The van der Waals surface area contributed by atoms with E-state index >= 15 is 0 Å². The summed E-state index contributed by atoms with van der Waals surface area (Å²) in [5, 5.41) is 6.12. The van der Waals surface area contributed by atoms with Gasteiger partial charge in [0.05, 0.1) is 17.2 Å². The zero-order valence-corrected chi connectivity index (χ0v) is 13.2. The van der Waals surface area contributed by atoms with E-state index in [1.165, 1.54) is 18.5 Å². The van der Waals surface area contributed by atoms with Crippen LogP contribution in [0.4, 0.5) is 15.9 Å². The topological polar surface area (TPSA) is 47.0 Å². The summed E-state index contributed by atoms with van der Waals surface area (Å²) in [5.41, 5.74) is 0.688. The average molecular weight is 317 g/mol. The van der Waals surface area contributed by atoms with Crippen LogP contribution in [0.2, 0.25) is 0 Å². The van der Waals surface area contributed by atoms with Gasteiger partial charge in [-0.15, -0.1) is 11.3 Å². The van der Waals surface area contributed by atoms with Crippen molar-refractivity contribution in [1.29, 1.82) is 0 Å². The van der Waals surface area contributed by atoms with Gasteiger partial charge < -0.3 is 10.1 Å². The lowest BCUT2D eigenvalue weighted by Gasteiger charge is -2.17. The third-order valence-electron chi connectivity index (χ3n) is 3.36. The van der Waals surface area contributed by atoms with Gasteiger partial charge in [0.15, 0.2) is 0 Å². The number of hydrogen-bond donors (Lipinski definition) is 1. The maximum Gasteiger partial charge on any atom is 0.146 e. The van der Waals surface area contributed by atoms with E-state index in [4.69, 9.17) is 4.74 Å². The van der Waals surface area contributed by atoms with Crippen molar-refractivity contribution in [2.45, 2.75) is 26.4 Å². The van der Waals surface area contributed by atoms with Crippen LogP contribution in [-0.2, 0) is 0 Å². The zero-order valence-electron chi connectivity index (χ0n) is 12.3. The van der Waals surface area contributed by atoms with Crippen LogP contribution >= 0.6 is 11.3 Å². The number of fused-ring (bicyclic) bond motifs is 1. The fraction of sp³-hybridized carbons (Fsp3) is 0.250. The summed E-state index contributed by atoms with van der Waals surface area (Å²) in [6, 6.07) is 6.41. The average Bonchev–Trinajstić information content (AvgIpc) is 2.99. The molecule has 1 N–H and O–H groups in total. The number of anilines is 2. The van der Waals surface area contributed by atoms with Gasteiger partial charge in [-0.3, -0.25) is 0 Å². The van der Waals surface area contributed by atoms with E-state index in [1.54, 1.807) is 17.4 Å². The van der Waals surface area contributed by atoms with E-state index < -0.39 is 0 Å². The summed E-state index contributed by atoms with van der Waals surface area (Å²) < 4.78 is 19.3. The number of nitrogens with zero attached hydrogens (tertiary/aromatic N) is 2. The Bertz CT molecular complexity index is 790. The van der Waals surface area contributed by atoms with Gasteiger partial charge in [-0.1, -0.05) is 6.92 Å². The number of aromatic nitrogens is 2. The summed E-state index contributed by atoms with van der Waals surface area (Å²) in [4.78, 5) is 9.40. The highest BCUT2D eigenvalue weighted by atomic mass is 32.1. The molecule has 2 heterocycles. The lowest BCUT2D eigenvalue weighted by molar-refractivity contribution is 0.218. The molecule has 1 aromatic carbocycles. The van der Waals surface area contributed by atoms with Crippen molar-refractivity contribution in [3.8, 4) is 5.75 Å². The summed E-state index contributed by atoms with van der Waals surface area (Å²) in [6.07, 6.45) is 2.37. The number of rotatable bonds is 5. The van der Waals surface area contributed by atoms with Crippen LogP contribution in [0.25, 0.3) is 10.2 Å². The van der Waals surface area contributed by atoms with Gasteiger partial charge in [-0.25, -0.2) is 14.4 Å². The number of ether oxygens (including phenoxy) is 1. The Hall–Kier alpha value is -2.21. The van der Waals surface area contributed by atoms with E-state index in [1.807, 2.05) is 25.3 Å². The van der Waals surface area contributed by atoms with Crippen molar-refractivity contribution in [3.05, 3.63) is 41.8 Å². The largest absolute Gasteiger partial charge is 0.488 e. The maximum atomic E-state index is 13.5. The molecule has 0 amide bonds. The molecule has 2 aromatic heterocycles. The predicted molar refractivity (Wildman–Crippen MR) is 87.5 cm³/mol. The first-order valence-electron chi connectivity index (χ1n) is 7.08.